The first-order chi connectivity index (χ1) is 15.2. The molecule has 2 aliphatic carbocycles. The van der Waals surface area contributed by atoms with Crippen LogP contribution in [0.1, 0.15) is 36.8 Å². The van der Waals surface area contributed by atoms with Gasteiger partial charge in [-0.15, -0.1) is 0 Å². The molecule has 4 aromatic carbocycles. The highest BCUT2D eigenvalue weighted by atomic mass is 16.3. The minimum absolute atomic E-state index is 0.403. The Hall–Kier alpha value is -3.32. The summed E-state index contributed by atoms with van der Waals surface area (Å²) in [4.78, 5) is 0. The van der Waals surface area contributed by atoms with E-state index in [2.05, 4.69) is 91.9 Å². The molecule has 1 heteroatoms. The first kappa shape index (κ1) is 17.4. The van der Waals surface area contributed by atoms with Crippen molar-refractivity contribution in [2.24, 2.45) is 5.41 Å². The number of aryl methyl sites for hydroxylation is 1. The fourth-order valence-corrected chi connectivity index (χ4v) is 5.93. The Morgan fingerprint density at radius 2 is 1.39 bits per heavy atom. The number of hydrogen-bond donors (Lipinski definition) is 0. The minimum Gasteiger partial charge on any atom is -0.455 e. The van der Waals surface area contributed by atoms with Crippen LogP contribution >= 0.6 is 0 Å². The molecule has 0 bridgehead atoms. The third-order valence-electron chi connectivity index (χ3n) is 7.77. The topological polar surface area (TPSA) is 13.1 Å². The van der Waals surface area contributed by atoms with Crippen LogP contribution in [-0.2, 0) is 6.42 Å². The van der Waals surface area contributed by atoms with Crippen molar-refractivity contribution >= 4 is 21.9 Å². The van der Waals surface area contributed by atoms with Crippen molar-refractivity contribution in [3.05, 3.63) is 96.1 Å². The lowest BCUT2D eigenvalue weighted by molar-refractivity contribution is 0.497. The number of benzene rings is 4. The van der Waals surface area contributed by atoms with E-state index in [0.717, 1.165) is 11.2 Å². The maximum absolute atomic E-state index is 6.43. The van der Waals surface area contributed by atoms with Gasteiger partial charge in [-0.1, -0.05) is 85.8 Å². The molecule has 5 aromatic rings. The van der Waals surface area contributed by atoms with Gasteiger partial charge in [-0.2, -0.15) is 0 Å². The lowest BCUT2D eigenvalue weighted by Gasteiger charge is -2.23. The molecule has 2 aliphatic rings. The van der Waals surface area contributed by atoms with E-state index in [1.807, 2.05) is 0 Å². The molecule has 1 heterocycles. The van der Waals surface area contributed by atoms with Crippen molar-refractivity contribution in [1.82, 2.24) is 0 Å². The van der Waals surface area contributed by atoms with Crippen molar-refractivity contribution in [3.8, 4) is 22.3 Å². The van der Waals surface area contributed by atoms with Gasteiger partial charge in [0.15, 0.2) is 0 Å². The molecule has 7 rings (SSSR count). The summed E-state index contributed by atoms with van der Waals surface area (Å²) in [5.41, 5.74) is 10.8. The van der Waals surface area contributed by atoms with E-state index in [1.165, 1.54) is 63.4 Å². The highest BCUT2D eigenvalue weighted by Gasteiger charge is 2.52. The molecule has 0 saturated heterocycles. The molecule has 0 N–H and O–H groups in total. The van der Waals surface area contributed by atoms with Crippen LogP contribution < -0.4 is 0 Å². The number of para-hydroxylation sites is 2. The SMILES string of the molecule is CC12CCc3ccccc3-c3cccc(-c4cccc5c4oc4ccccc45)c3C1C2. The fraction of sp³-hybridized carbons (Fsp3) is 0.200. The summed E-state index contributed by atoms with van der Waals surface area (Å²) in [7, 11) is 0. The zero-order valence-corrected chi connectivity index (χ0v) is 17.7. The van der Waals surface area contributed by atoms with Crippen molar-refractivity contribution in [2.75, 3.05) is 0 Å². The fourth-order valence-electron chi connectivity index (χ4n) is 5.93. The van der Waals surface area contributed by atoms with Gasteiger partial charge in [0.05, 0.1) is 0 Å². The summed E-state index contributed by atoms with van der Waals surface area (Å²) in [6, 6.07) is 30.9. The molecule has 0 spiro atoms. The Morgan fingerprint density at radius 3 is 2.32 bits per heavy atom. The molecular weight excluding hydrogens is 376 g/mol. The van der Waals surface area contributed by atoms with Crippen molar-refractivity contribution in [3.63, 3.8) is 0 Å². The molecule has 1 fully saturated rings. The monoisotopic (exact) mass is 400 g/mol. The predicted octanol–water partition coefficient (Wildman–Crippen LogP) is 8.36. The van der Waals surface area contributed by atoms with E-state index >= 15 is 0 Å². The Morgan fingerprint density at radius 1 is 0.710 bits per heavy atom. The van der Waals surface area contributed by atoms with Crippen molar-refractivity contribution in [1.29, 1.82) is 0 Å². The normalized spacial score (nSPS) is 21.8. The molecule has 1 nitrogen and oxygen atoms in total. The van der Waals surface area contributed by atoms with E-state index in [-0.39, 0.29) is 0 Å². The zero-order valence-electron chi connectivity index (χ0n) is 17.7. The summed E-state index contributed by atoms with van der Waals surface area (Å²) in [6.07, 6.45) is 3.71. The van der Waals surface area contributed by atoms with Gasteiger partial charge in [-0.25, -0.2) is 0 Å². The van der Waals surface area contributed by atoms with Crippen LogP contribution in [0.5, 0.6) is 0 Å². The number of rotatable bonds is 1. The molecular formula is C30H24O. The second-order valence-corrected chi connectivity index (χ2v) is 9.62. The molecule has 31 heavy (non-hydrogen) atoms. The number of hydrogen-bond acceptors (Lipinski definition) is 1. The third-order valence-corrected chi connectivity index (χ3v) is 7.77. The first-order valence-electron chi connectivity index (χ1n) is 11.3. The Balaban J connectivity index is 1.56. The molecule has 1 saturated carbocycles. The molecule has 2 atom stereocenters. The molecule has 150 valence electrons. The van der Waals surface area contributed by atoms with Gasteiger partial charge in [-0.05, 0) is 64.5 Å². The summed E-state index contributed by atoms with van der Waals surface area (Å²) in [6.45, 7) is 2.48. The van der Waals surface area contributed by atoms with Crippen LogP contribution in [0.3, 0.4) is 0 Å². The number of fused-ring (bicyclic) bond motifs is 8. The molecule has 0 aliphatic heterocycles. The highest BCUT2D eigenvalue weighted by Crippen LogP contribution is 2.65. The Bertz CT molecular complexity index is 1490. The van der Waals surface area contributed by atoms with Crippen LogP contribution in [0, 0.1) is 5.41 Å². The highest BCUT2D eigenvalue weighted by molar-refractivity contribution is 6.10. The molecule has 0 amide bonds. The van der Waals surface area contributed by atoms with Gasteiger partial charge in [0, 0.05) is 16.3 Å². The second-order valence-electron chi connectivity index (χ2n) is 9.62. The van der Waals surface area contributed by atoms with E-state index in [9.17, 15) is 0 Å². The van der Waals surface area contributed by atoms with E-state index in [0.29, 0.717) is 11.3 Å². The van der Waals surface area contributed by atoms with Crippen LogP contribution in [-0.4, -0.2) is 0 Å². The van der Waals surface area contributed by atoms with Crippen LogP contribution in [0.15, 0.2) is 89.3 Å². The summed E-state index contributed by atoms with van der Waals surface area (Å²) in [5.74, 6) is 0.617. The van der Waals surface area contributed by atoms with Gasteiger partial charge in [0.25, 0.3) is 0 Å². The Kier molecular flexibility index (Phi) is 3.42. The summed E-state index contributed by atoms with van der Waals surface area (Å²) >= 11 is 0. The standard InChI is InChI=1S/C30H24O/c1-30-17-16-19-8-2-3-9-20(19)22-11-6-12-23(28(22)26(30)18-30)25-14-7-13-24-21-10-4-5-15-27(21)31-29(24)25/h2-15,26H,16-18H2,1H3. The average Bonchev–Trinajstić information content (AvgIpc) is 3.31. The summed E-state index contributed by atoms with van der Waals surface area (Å²) in [5, 5.41) is 2.40. The largest absolute Gasteiger partial charge is 0.455 e. The van der Waals surface area contributed by atoms with Crippen molar-refractivity contribution in [2.45, 2.75) is 32.1 Å². The zero-order chi connectivity index (χ0) is 20.6. The lowest BCUT2D eigenvalue weighted by atomic mass is 9.80. The van der Waals surface area contributed by atoms with Gasteiger partial charge in [0.1, 0.15) is 11.2 Å². The predicted molar refractivity (Wildman–Crippen MR) is 128 cm³/mol. The minimum atomic E-state index is 0.403. The average molecular weight is 401 g/mol. The van der Waals surface area contributed by atoms with Gasteiger partial charge >= 0.3 is 0 Å². The van der Waals surface area contributed by atoms with Crippen LogP contribution in [0.25, 0.3) is 44.2 Å². The maximum atomic E-state index is 6.43. The summed E-state index contributed by atoms with van der Waals surface area (Å²) < 4.78 is 6.43. The van der Waals surface area contributed by atoms with E-state index in [1.54, 1.807) is 0 Å². The first-order valence-corrected chi connectivity index (χ1v) is 11.3. The maximum Gasteiger partial charge on any atom is 0.143 e. The quantitative estimate of drug-likeness (QED) is 0.275. The number of furan rings is 1. The third kappa shape index (κ3) is 2.44. The molecule has 2 unspecified atom stereocenters. The van der Waals surface area contributed by atoms with E-state index in [4.69, 9.17) is 4.42 Å². The van der Waals surface area contributed by atoms with Crippen molar-refractivity contribution < 1.29 is 4.42 Å². The Labute approximate surface area is 182 Å². The van der Waals surface area contributed by atoms with Gasteiger partial charge in [0.2, 0.25) is 0 Å². The molecule has 0 radical (unpaired) electrons. The second kappa shape index (κ2) is 6.11. The van der Waals surface area contributed by atoms with Crippen LogP contribution in [0.4, 0.5) is 0 Å². The lowest BCUT2D eigenvalue weighted by Crippen LogP contribution is -2.07. The van der Waals surface area contributed by atoms with Gasteiger partial charge < -0.3 is 4.42 Å². The molecule has 1 aromatic heterocycles. The van der Waals surface area contributed by atoms with Crippen LogP contribution in [0.2, 0.25) is 0 Å². The smallest absolute Gasteiger partial charge is 0.143 e. The van der Waals surface area contributed by atoms with Gasteiger partial charge in [-0.3, -0.25) is 0 Å². The van der Waals surface area contributed by atoms with E-state index < -0.39 is 0 Å².